The van der Waals surface area contributed by atoms with Gasteiger partial charge in [0, 0.05) is 30.4 Å². The molecule has 1 saturated heterocycles. The second-order valence-corrected chi connectivity index (χ2v) is 4.41. The van der Waals surface area contributed by atoms with Gasteiger partial charge in [-0.3, -0.25) is 0 Å². The van der Waals surface area contributed by atoms with Crippen molar-refractivity contribution in [1.82, 2.24) is 0 Å². The molecule has 1 fully saturated rings. The first kappa shape index (κ1) is 11.3. The maximum absolute atomic E-state index is 5.96. The molecule has 1 aliphatic rings. The van der Waals surface area contributed by atoms with E-state index in [0.29, 0.717) is 0 Å². The summed E-state index contributed by atoms with van der Waals surface area (Å²) in [5, 5.41) is 0. The Labute approximate surface area is 97.2 Å². The summed E-state index contributed by atoms with van der Waals surface area (Å²) in [7, 11) is 1.69. The van der Waals surface area contributed by atoms with Gasteiger partial charge in [0.15, 0.2) is 0 Å². The molecule has 88 valence electrons. The summed E-state index contributed by atoms with van der Waals surface area (Å²) in [6, 6.07) is 6.31. The van der Waals surface area contributed by atoms with E-state index >= 15 is 0 Å². The largest absolute Gasteiger partial charge is 0.496 e. The molecule has 3 heteroatoms. The Morgan fingerprint density at radius 1 is 1.31 bits per heavy atom. The lowest BCUT2D eigenvalue weighted by Gasteiger charge is -2.20. The quantitative estimate of drug-likeness (QED) is 0.849. The number of nitrogens with zero attached hydrogens (tertiary/aromatic N) is 1. The SMILES string of the molecule is COc1ccc(N2CCCC2)cc1C(C)N. The lowest BCUT2D eigenvalue weighted by Crippen LogP contribution is -2.18. The van der Waals surface area contributed by atoms with Crippen molar-refractivity contribution in [2.75, 3.05) is 25.1 Å². The number of rotatable bonds is 3. The van der Waals surface area contributed by atoms with Gasteiger partial charge in [-0.05, 0) is 38.0 Å². The van der Waals surface area contributed by atoms with Crippen molar-refractivity contribution in [3.63, 3.8) is 0 Å². The predicted octanol–water partition coefficient (Wildman–Crippen LogP) is 2.32. The monoisotopic (exact) mass is 220 g/mol. The van der Waals surface area contributed by atoms with Gasteiger partial charge in [-0.1, -0.05) is 0 Å². The number of ether oxygens (including phenoxy) is 1. The summed E-state index contributed by atoms with van der Waals surface area (Å²) in [5.74, 6) is 0.887. The Kier molecular flexibility index (Phi) is 3.34. The van der Waals surface area contributed by atoms with E-state index in [1.54, 1.807) is 7.11 Å². The summed E-state index contributed by atoms with van der Waals surface area (Å²) in [6.07, 6.45) is 2.58. The van der Waals surface area contributed by atoms with Gasteiger partial charge < -0.3 is 15.4 Å². The molecule has 1 unspecified atom stereocenters. The molecule has 1 atom stereocenters. The molecule has 0 radical (unpaired) electrons. The standard InChI is InChI=1S/C13H20N2O/c1-10(14)12-9-11(5-6-13(12)16-2)15-7-3-4-8-15/h5-6,9-10H,3-4,7-8,14H2,1-2H3. The van der Waals surface area contributed by atoms with Crippen LogP contribution in [0.5, 0.6) is 5.75 Å². The van der Waals surface area contributed by atoms with E-state index in [9.17, 15) is 0 Å². The van der Waals surface area contributed by atoms with Crippen LogP contribution in [0.4, 0.5) is 5.69 Å². The third kappa shape index (κ3) is 2.14. The van der Waals surface area contributed by atoms with Crippen molar-refractivity contribution >= 4 is 5.69 Å². The maximum Gasteiger partial charge on any atom is 0.123 e. The number of hydrogen-bond donors (Lipinski definition) is 1. The van der Waals surface area contributed by atoms with E-state index in [1.165, 1.54) is 18.5 Å². The second-order valence-electron chi connectivity index (χ2n) is 4.41. The van der Waals surface area contributed by atoms with Gasteiger partial charge in [-0.15, -0.1) is 0 Å². The van der Waals surface area contributed by atoms with Crippen molar-refractivity contribution in [2.24, 2.45) is 5.73 Å². The summed E-state index contributed by atoms with van der Waals surface area (Å²) < 4.78 is 5.33. The normalized spacial score (nSPS) is 17.6. The van der Waals surface area contributed by atoms with Crippen LogP contribution in [-0.2, 0) is 0 Å². The van der Waals surface area contributed by atoms with Gasteiger partial charge in [-0.25, -0.2) is 0 Å². The lowest BCUT2D eigenvalue weighted by molar-refractivity contribution is 0.407. The summed E-state index contributed by atoms with van der Waals surface area (Å²) in [4.78, 5) is 2.41. The molecule has 1 aromatic rings. The smallest absolute Gasteiger partial charge is 0.123 e. The maximum atomic E-state index is 5.96. The molecule has 0 saturated carbocycles. The third-order valence-corrected chi connectivity index (χ3v) is 3.18. The number of benzene rings is 1. The van der Waals surface area contributed by atoms with E-state index in [1.807, 2.05) is 13.0 Å². The highest BCUT2D eigenvalue weighted by Crippen LogP contribution is 2.30. The fraction of sp³-hybridized carbons (Fsp3) is 0.538. The highest BCUT2D eigenvalue weighted by Gasteiger charge is 2.15. The molecule has 0 bridgehead atoms. The summed E-state index contributed by atoms with van der Waals surface area (Å²) in [5.41, 5.74) is 8.32. The predicted molar refractivity (Wildman–Crippen MR) is 67.0 cm³/mol. The first-order chi connectivity index (χ1) is 7.72. The molecular weight excluding hydrogens is 200 g/mol. The highest BCUT2D eigenvalue weighted by molar-refractivity contribution is 5.54. The van der Waals surface area contributed by atoms with Gasteiger partial charge >= 0.3 is 0 Å². The average Bonchev–Trinajstić information content (AvgIpc) is 2.81. The van der Waals surface area contributed by atoms with Crippen molar-refractivity contribution in [3.05, 3.63) is 23.8 Å². The van der Waals surface area contributed by atoms with Crippen molar-refractivity contribution in [2.45, 2.75) is 25.8 Å². The minimum Gasteiger partial charge on any atom is -0.496 e. The van der Waals surface area contributed by atoms with Gasteiger partial charge in [0.2, 0.25) is 0 Å². The third-order valence-electron chi connectivity index (χ3n) is 3.18. The minimum absolute atomic E-state index is 0.0116. The van der Waals surface area contributed by atoms with E-state index in [4.69, 9.17) is 10.5 Å². The molecular formula is C13H20N2O. The van der Waals surface area contributed by atoms with Crippen molar-refractivity contribution in [3.8, 4) is 5.75 Å². The molecule has 1 heterocycles. The second kappa shape index (κ2) is 4.74. The number of methoxy groups -OCH3 is 1. The molecule has 0 spiro atoms. The molecule has 0 aliphatic carbocycles. The van der Waals surface area contributed by atoms with Crippen LogP contribution < -0.4 is 15.4 Å². The fourth-order valence-corrected chi connectivity index (χ4v) is 2.25. The molecule has 1 aromatic carbocycles. The van der Waals surface area contributed by atoms with E-state index in [0.717, 1.165) is 24.4 Å². The highest BCUT2D eigenvalue weighted by atomic mass is 16.5. The van der Waals surface area contributed by atoms with Gasteiger partial charge in [0.25, 0.3) is 0 Å². The minimum atomic E-state index is 0.0116. The van der Waals surface area contributed by atoms with Crippen LogP contribution in [0.3, 0.4) is 0 Å². The first-order valence-corrected chi connectivity index (χ1v) is 5.91. The Balaban J connectivity index is 2.30. The van der Waals surface area contributed by atoms with Crippen LogP contribution in [0.2, 0.25) is 0 Å². The first-order valence-electron chi connectivity index (χ1n) is 5.91. The molecule has 3 nitrogen and oxygen atoms in total. The zero-order chi connectivity index (χ0) is 11.5. The van der Waals surface area contributed by atoms with Crippen LogP contribution in [0.25, 0.3) is 0 Å². The Morgan fingerprint density at radius 3 is 2.56 bits per heavy atom. The number of nitrogens with two attached hydrogens (primary N) is 1. The van der Waals surface area contributed by atoms with Crippen molar-refractivity contribution < 1.29 is 4.74 Å². The zero-order valence-corrected chi connectivity index (χ0v) is 10.1. The lowest BCUT2D eigenvalue weighted by atomic mass is 10.1. The van der Waals surface area contributed by atoms with Crippen LogP contribution >= 0.6 is 0 Å². The number of hydrogen-bond acceptors (Lipinski definition) is 3. The van der Waals surface area contributed by atoms with Crippen LogP contribution in [-0.4, -0.2) is 20.2 Å². The van der Waals surface area contributed by atoms with Crippen LogP contribution in [0.15, 0.2) is 18.2 Å². The van der Waals surface area contributed by atoms with Crippen LogP contribution in [0.1, 0.15) is 31.4 Å². The molecule has 16 heavy (non-hydrogen) atoms. The summed E-state index contributed by atoms with van der Waals surface area (Å²) in [6.45, 7) is 4.31. The van der Waals surface area contributed by atoms with E-state index in [-0.39, 0.29) is 6.04 Å². The van der Waals surface area contributed by atoms with Crippen LogP contribution in [0, 0.1) is 0 Å². The molecule has 0 amide bonds. The number of anilines is 1. The topological polar surface area (TPSA) is 38.5 Å². The van der Waals surface area contributed by atoms with Gasteiger partial charge in [-0.2, -0.15) is 0 Å². The Hall–Kier alpha value is -1.22. The fourth-order valence-electron chi connectivity index (χ4n) is 2.25. The molecule has 0 aromatic heterocycles. The van der Waals surface area contributed by atoms with Gasteiger partial charge in [0.05, 0.1) is 7.11 Å². The van der Waals surface area contributed by atoms with E-state index in [2.05, 4.69) is 17.0 Å². The van der Waals surface area contributed by atoms with Gasteiger partial charge in [0.1, 0.15) is 5.75 Å². The molecule has 1 aliphatic heterocycles. The zero-order valence-electron chi connectivity index (χ0n) is 10.1. The molecule has 2 rings (SSSR count). The Morgan fingerprint density at radius 2 is 2.00 bits per heavy atom. The Bertz CT molecular complexity index is 357. The average molecular weight is 220 g/mol. The van der Waals surface area contributed by atoms with Crippen molar-refractivity contribution in [1.29, 1.82) is 0 Å². The van der Waals surface area contributed by atoms with E-state index < -0.39 is 0 Å². The summed E-state index contributed by atoms with van der Waals surface area (Å²) >= 11 is 0. The molecule has 2 N–H and O–H groups in total.